The average Bonchev–Trinajstić information content (AvgIpc) is 0.677. The average molecular weight is 1340 g/mol. The molecular formula is C63H100O30. The molecule has 30 nitrogen and oxygen atoms in total. The largest absolute Gasteiger partial charge is 0.432 e. The van der Waals surface area contributed by atoms with Gasteiger partial charge in [-0.25, -0.2) is 0 Å². The van der Waals surface area contributed by atoms with Crippen LogP contribution in [0, 0.1) is 44.8 Å². The number of hydrogen-bond donors (Lipinski definition) is 17. The molecule has 532 valence electrons. The Bertz CT molecular complexity index is 2630. The first-order valence-electron chi connectivity index (χ1n) is 32.9. The van der Waals surface area contributed by atoms with E-state index in [1.54, 1.807) is 0 Å². The number of carbonyl (C=O) groups is 1. The van der Waals surface area contributed by atoms with Crippen LogP contribution in [0.2, 0.25) is 0 Å². The number of rotatable bonds is 15. The highest BCUT2D eigenvalue weighted by Gasteiger charge is 2.70. The lowest BCUT2D eigenvalue weighted by molar-refractivity contribution is -0.384. The molecule has 6 saturated heterocycles. The Labute approximate surface area is 538 Å². The summed E-state index contributed by atoms with van der Waals surface area (Å²) < 4.78 is 71.8. The summed E-state index contributed by atoms with van der Waals surface area (Å²) in [7, 11) is 0. The second-order valence-electron chi connectivity index (χ2n) is 29.6. The zero-order chi connectivity index (χ0) is 67.5. The van der Waals surface area contributed by atoms with Crippen LogP contribution in [0.25, 0.3) is 0 Å². The Morgan fingerprint density at radius 3 is 1.80 bits per heavy atom. The van der Waals surface area contributed by atoms with Gasteiger partial charge in [-0.1, -0.05) is 58.4 Å². The fourth-order valence-electron chi connectivity index (χ4n) is 18.3. The fraction of sp³-hybridized carbons (Fsp3) is 0.921. The van der Waals surface area contributed by atoms with Gasteiger partial charge in [0, 0.05) is 5.92 Å². The predicted molar refractivity (Wildman–Crippen MR) is 310 cm³/mol. The summed E-state index contributed by atoms with van der Waals surface area (Å²) in [6, 6.07) is 0. The molecule has 0 aromatic rings. The molecule has 36 atom stereocenters. The smallest absolute Gasteiger partial charge is 0.315 e. The van der Waals surface area contributed by atoms with Crippen LogP contribution in [-0.2, 0) is 61.6 Å². The Morgan fingerprint density at radius 2 is 1.11 bits per heavy atom. The quantitative estimate of drug-likeness (QED) is 0.0417. The van der Waals surface area contributed by atoms with Crippen molar-refractivity contribution in [2.24, 2.45) is 44.8 Å². The van der Waals surface area contributed by atoms with E-state index in [1.165, 1.54) is 6.92 Å². The molecule has 0 aromatic carbocycles. The first kappa shape index (κ1) is 72.1. The number of aliphatic hydroxyl groups excluding tert-OH is 17. The Kier molecular flexibility index (Phi) is 21.2. The van der Waals surface area contributed by atoms with Crippen LogP contribution in [0.1, 0.15) is 106 Å². The minimum atomic E-state index is -1.92. The third-order valence-electron chi connectivity index (χ3n) is 24.2. The van der Waals surface area contributed by atoms with Gasteiger partial charge in [0.25, 0.3) is 0 Å². The van der Waals surface area contributed by atoms with Crippen molar-refractivity contribution in [3.63, 3.8) is 0 Å². The van der Waals surface area contributed by atoms with Gasteiger partial charge in [0.05, 0.1) is 50.7 Å². The summed E-state index contributed by atoms with van der Waals surface area (Å²) >= 11 is 0. The van der Waals surface area contributed by atoms with Gasteiger partial charge in [0.2, 0.25) is 6.29 Å². The topological polar surface area (TPSA) is 472 Å². The summed E-state index contributed by atoms with van der Waals surface area (Å²) in [4.78, 5) is 15.2. The molecular weight excluding hydrogens is 1240 g/mol. The highest BCUT2D eigenvalue weighted by molar-refractivity contribution is 5.79. The van der Waals surface area contributed by atoms with Crippen molar-refractivity contribution in [2.75, 3.05) is 33.0 Å². The van der Waals surface area contributed by atoms with Crippen molar-refractivity contribution >= 4 is 5.97 Å². The Hall–Kier alpha value is -2.17. The number of hydrogen-bond acceptors (Lipinski definition) is 30. The van der Waals surface area contributed by atoms with Crippen LogP contribution in [0.4, 0.5) is 0 Å². The molecule has 93 heavy (non-hydrogen) atoms. The lowest BCUT2D eigenvalue weighted by Gasteiger charge is -2.71. The van der Waals surface area contributed by atoms with E-state index in [0.717, 1.165) is 24.0 Å². The van der Waals surface area contributed by atoms with Crippen LogP contribution in [0.5, 0.6) is 0 Å². The van der Waals surface area contributed by atoms with Crippen molar-refractivity contribution in [3.05, 3.63) is 23.8 Å². The molecule has 11 aliphatic rings. The molecule has 4 saturated carbocycles. The monoisotopic (exact) mass is 1340 g/mol. The lowest BCUT2D eigenvalue weighted by atomic mass is 9.34. The third kappa shape index (κ3) is 12.5. The normalized spacial score (nSPS) is 54.1. The van der Waals surface area contributed by atoms with Crippen molar-refractivity contribution in [1.29, 1.82) is 0 Å². The first-order chi connectivity index (χ1) is 43.8. The molecule has 5 aliphatic carbocycles. The Morgan fingerprint density at radius 1 is 0.538 bits per heavy atom. The summed E-state index contributed by atoms with van der Waals surface area (Å²) in [6.07, 6.45) is -38.3. The summed E-state index contributed by atoms with van der Waals surface area (Å²) in [5, 5.41) is 183. The molecule has 0 spiro atoms. The highest BCUT2D eigenvalue weighted by atomic mass is 16.8. The maximum Gasteiger partial charge on any atom is 0.315 e. The molecule has 6 aliphatic heterocycles. The van der Waals surface area contributed by atoms with Gasteiger partial charge in [0.1, 0.15) is 128 Å². The number of esters is 1. The zero-order valence-corrected chi connectivity index (χ0v) is 53.3. The van der Waals surface area contributed by atoms with E-state index in [4.69, 9.17) is 56.8 Å². The Balaban J connectivity index is 0.778. The maximum atomic E-state index is 15.2. The van der Waals surface area contributed by atoms with Gasteiger partial charge < -0.3 is 144 Å². The SMILES string of the molecule is C=C1CCC2(C(=O)OC3OC(COC4OC(CO)C(OC5OC(C)C(O)C(O)C5O)C(O)C4O)C(O)C(O)C3O)CCC3(C)C(=CCC4C5(C)CCC(OC6OCC(O)C(OC7OC(CO)C(O)C(O)C7O)C6OC6OCC(O)C(O)C6O)C(C)(C)C5CCC43C)C2C1. The number of carbonyl (C=O) groups excluding carboxylic acids is 1. The van der Waals surface area contributed by atoms with Crippen molar-refractivity contribution in [1.82, 2.24) is 0 Å². The van der Waals surface area contributed by atoms with E-state index >= 15 is 4.79 Å². The van der Waals surface area contributed by atoms with Crippen molar-refractivity contribution in [3.8, 4) is 0 Å². The molecule has 0 bridgehead atoms. The maximum absolute atomic E-state index is 15.2. The minimum Gasteiger partial charge on any atom is -0.432 e. The number of fused-ring (bicyclic) bond motifs is 7. The zero-order valence-electron chi connectivity index (χ0n) is 53.3. The standard InChI is InChI=1S/C63H100O30/c1-24-10-15-63(58(81)93-56-47(79)42(74)39(71)32(88-56)23-84-52-48(80)43(75)50(31(20-65)87-52)91-54-45(77)40(72)36(68)25(2)85-54)17-16-61(6)26(27(63)18-24)8-9-34-60(5)13-12-35(59(3,4)33(60)11-14-62(34,61)7)89-57-51(92-53-44(76)37(69)28(66)21-82-53)49(29(67)22-83-57)90-55-46(78)41(73)38(70)30(19-64)86-55/h8,25,27-57,64-80H,1,9-23H2,2-7H3. The van der Waals surface area contributed by atoms with Gasteiger partial charge >= 0.3 is 5.97 Å². The number of aliphatic hydroxyl groups is 17. The lowest BCUT2D eigenvalue weighted by Crippen LogP contribution is -2.66. The second kappa shape index (κ2) is 27.4. The fourth-order valence-corrected chi connectivity index (χ4v) is 18.3. The first-order valence-corrected chi connectivity index (χ1v) is 32.9. The summed E-state index contributed by atoms with van der Waals surface area (Å²) in [5.41, 5.74) is -0.615. The van der Waals surface area contributed by atoms with Gasteiger partial charge in [0.15, 0.2) is 31.5 Å². The van der Waals surface area contributed by atoms with Crippen molar-refractivity contribution in [2.45, 2.75) is 284 Å². The van der Waals surface area contributed by atoms with E-state index in [-0.39, 0.29) is 35.2 Å². The number of ether oxygens (including phenoxy) is 12. The van der Waals surface area contributed by atoms with E-state index in [1.807, 2.05) is 0 Å². The molecule has 36 unspecified atom stereocenters. The van der Waals surface area contributed by atoms with Crippen LogP contribution in [0.3, 0.4) is 0 Å². The molecule has 11 rings (SSSR count). The van der Waals surface area contributed by atoms with E-state index in [9.17, 15) is 86.8 Å². The second-order valence-corrected chi connectivity index (χ2v) is 29.6. The molecule has 0 aromatic heterocycles. The van der Waals surface area contributed by atoms with E-state index in [0.29, 0.717) is 51.4 Å². The molecule has 6 heterocycles. The molecule has 30 heteroatoms. The molecule has 0 amide bonds. The van der Waals surface area contributed by atoms with Crippen LogP contribution in [0.15, 0.2) is 23.8 Å². The van der Waals surface area contributed by atoms with Gasteiger partial charge in [-0.15, -0.1) is 0 Å². The molecule has 17 N–H and O–H groups in total. The van der Waals surface area contributed by atoms with Gasteiger partial charge in [-0.05, 0) is 105 Å². The van der Waals surface area contributed by atoms with Crippen LogP contribution < -0.4 is 0 Å². The summed E-state index contributed by atoms with van der Waals surface area (Å²) in [6.45, 7) is 14.1. The highest BCUT2D eigenvalue weighted by Crippen LogP contribution is 2.76. The third-order valence-corrected chi connectivity index (χ3v) is 24.2. The van der Waals surface area contributed by atoms with Crippen molar-refractivity contribution < 1.29 is 148 Å². The molecule has 0 radical (unpaired) electrons. The predicted octanol–water partition coefficient (Wildman–Crippen LogP) is -4.55. The van der Waals surface area contributed by atoms with Crippen LogP contribution >= 0.6 is 0 Å². The summed E-state index contributed by atoms with van der Waals surface area (Å²) in [5.74, 6) is -0.844. The minimum absolute atomic E-state index is 0.0545. The van der Waals surface area contributed by atoms with E-state index < -0.39 is 227 Å². The van der Waals surface area contributed by atoms with Gasteiger partial charge in [-0.2, -0.15) is 0 Å². The van der Waals surface area contributed by atoms with Crippen LogP contribution in [-0.4, -0.2) is 304 Å². The number of allylic oxidation sites excluding steroid dienone is 3. The van der Waals surface area contributed by atoms with E-state index in [2.05, 4.69) is 47.3 Å². The van der Waals surface area contributed by atoms with Gasteiger partial charge in [-0.3, -0.25) is 4.79 Å². The molecule has 10 fully saturated rings.